The van der Waals surface area contributed by atoms with E-state index in [4.69, 9.17) is 11.6 Å². The van der Waals surface area contributed by atoms with Crippen LogP contribution in [0.1, 0.15) is 20.5 Å². The molecule has 0 bridgehead atoms. The van der Waals surface area contributed by atoms with Gasteiger partial charge in [0, 0.05) is 5.56 Å². The van der Waals surface area contributed by atoms with Crippen LogP contribution in [0.3, 0.4) is 0 Å². The molecule has 1 N–H and O–H groups in total. The Bertz CT molecular complexity index is 940. The minimum absolute atomic E-state index is 0.0840. The Labute approximate surface area is 146 Å². The van der Waals surface area contributed by atoms with Crippen LogP contribution in [0.5, 0.6) is 0 Å². The van der Waals surface area contributed by atoms with Gasteiger partial charge in [-0.1, -0.05) is 29.8 Å². The second-order valence-electron chi connectivity index (χ2n) is 4.71. The van der Waals surface area contributed by atoms with Gasteiger partial charge >= 0.3 is 12.1 Å². The van der Waals surface area contributed by atoms with E-state index < -0.39 is 18.0 Å². The second-order valence-corrected chi connectivity index (χ2v) is 6.20. The number of hydrogen-bond donors (Lipinski definition) is 1. The van der Waals surface area contributed by atoms with E-state index in [0.29, 0.717) is 15.4 Å². The summed E-state index contributed by atoms with van der Waals surface area (Å²) in [7, 11) is 0. The number of tetrazole rings is 1. The van der Waals surface area contributed by atoms with Crippen LogP contribution in [-0.4, -0.2) is 36.3 Å². The molecule has 0 fully saturated rings. The third-order valence-corrected chi connectivity index (χ3v) is 4.34. The third kappa shape index (κ3) is 3.61. The first kappa shape index (κ1) is 17.3. The van der Waals surface area contributed by atoms with Crippen molar-refractivity contribution in [1.82, 2.24) is 25.2 Å². The van der Waals surface area contributed by atoms with Crippen LogP contribution in [0.25, 0.3) is 11.3 Å². The number of nitrogens with zero attached hydrogens (tertiary/aromatic N) is 5. The van der Waals surface area contributed by atoms with Crippen molar-refractivity contribution in [2.45, 2.75) is 12.7 Å². The Hall–Kier alpha value is -2.53. The number of rotatable bonds is 4. The Morgan fingerprint density at radius 3 is 2.64 bits per heavy atom. The summed E-state index contributed by atoms with van der Waals surface area (Å²) < 4.78 is 37.5. The van der Waals surface area contributed by atoms with Gasteiger partial charge in [0.2, 0.25) is 0 Å². The summed E-state index contributed by atoms with van der Waals surface area (Å²) in [5, 5.41) is 19.3. The minimum atomic E-state index is -4.71. The monoisotopic (exact) mass is 389 g/mol. The second kappa shape index (κ2) is 6.41. The molecular weight excluding hydrogens is 383 g/mol. The lowest BCUT2D eigenvalue weighted by atomic mass is 10.1. The molecule has 130 valence electrons. The Morgan fingerprint density at radius 1 is 1.32 bits per heavy atom. The van der Waals surface area contributed by atoms with Crippen molar-refractivity contribution in [3.63, 3.8) is 0 Å². The zero-order valence-corrected chi connectivity index (χ0v) is 13.6. The Balaban J connectivity index is 1.96. The molecule has 0 spiro atoms. The molecule has 12 heteroatoms. The van der Waals surface area contributed by atoms with Gasteiger partial charge in [0.05, 0.1) is 10.7 Å². The average molecular weight is 390 g/mol. The molecule has 7 nitrogen and oxygen atoms in total. The van der Waals surface area contributed by atoms with Crippen molar-refractivity contribution in [1.29, 1.82) is 0 Å². The van der Waals surface area contributed by atoms with Crippen LogP contribution < -0.4 is 0 Å². The number of aromatic carboxylic acids is 1. The molecule has 0 saturated carbocycles. The first-order valence-corrected chi connectivity index (χ1v) is 7.78. The largest absolute Gasteiger partial charge is 0.477 e. The first-order valence-electron chi connectivity index (χ1n) is 6.58. The van der Waals surface area contributed by atoms with Gasteiger partial charge in [0.1, 0.15) is 16.4 Å². The smallest absolute Gasteiger partial charge is 0.455 e. The highest BCUT2D eigenvalue weighted by Crippen LogP contribution is 2.33. The Kier molecular flexibility index (Phi) is 4.43. The van der Waals surface area contributed by atoms with Gasteiger partial charge in [0.15, 0.2) is 0 Å². The molecule has 0 saturated heterocycles. The molecule has 3 rings (SSSR count). The summed E-state index contributed by atoms with van der Waals surface area (Å²) in [5.41, 5.74) is 0.542. The van der Waals surface area contributed by atoms with Crippen molar-refractivity contribution < 1.29 is 23.1 Å². The highest BCUT2D eigenvalue weighted by atomic mass is 35.5. The molecule has 0 radical (unpaired) electrons. The first-order chi connectivity index (χ1) is 11.8. The van der Waals surface area contributed by atoms with Crippen molar-refractivity contribution >= 4 is 28.9 Å². The molecule has 0 aliphatic carbocycles. The van der Waals surface area contributed by atoms with E-state index in [2.05, 4.69) is 20.4 Å². The van der Waals surface area contributed by atoms with E-state index in [-0.39, 0.29) is 22.1 Å². The number of carbonyl (C=O) groups is 1. The fraction of sp³-hybridized carbons (Fsp3) is 0.154. The molecule has 25 heavy (non-hydrogen) atoms. The number of hydrogen-bond acceptors (Lipinski definition) is 6. The summed E-state index contributed by atoms with van der Waals surface area (Å²) in [6.07, 6.45) is -4.71. The van der Waals surface area contributed by atoms with E-state index in [1.807, 2.05) is 0 Å². The summed E-state index contributed by atoms with van der Waals surface area (Å²) in [6.45, 7) is -0.252. The van der Waals surface area contributed by atoms with Crippen LogP contribution in [0.2, 0.25) is 5.02 Å². The Morgan fingerprint density at radius 2 is 2.04 bits per heavy atom. The maximum Gasteiger partial charge on any atom is 0.455 e. The molecule has 0 aliphatic heterocycles. The van der Waals surface area contributed by atoms with Gasteiger partial charge in [-0.05, 0) is 11.3 Å². The number of thiazole rings is 1. The summed E-state index contributed by atoms with van der Waals surface area (Å²) in [5.74, 6) is -2.60. The molecular formula is C13H7ClF3N5O2S. The molecule has 2 aromatic heterocycles. The SMILES string of the molecule is O=C(O)c1sc(Cn2nnc(C(F)(F)F)n2)nc1-c1ccccc1Cl. The van der Waals surface area contributed by atoms with E-state index in [0.717, 1.165) is 11.3 Å². The van der Waals surface area contributed by atoms with Crippen LogP contribution in [0.4, 0.5) is 13.2 Å². The van der Waals surface area contributed by atoms with Crippen LogP contribution in [-0.2, 0) is 12.7 Å². The maximum absolute atomic E-state index is 12.5. The molecule has 0 unspecified atom stereocenters. The lowest BCUT2D eigenvalue weighted by Gasteiger charge is -2.01. The van der Waals surface area contributed by atoms with Crippen LogP contribution >= 0.6 is 22.9 Å². The van der Waals surface area contributed by atoms with Crippen molar-refractivity contribution in [2.75, 3.05) is 0 Å². The number of aromatic nitrogens is 5. The quantitative estimate of drug-likeness (QED) is 0.736. The lowest BCUT2D eigenvalue weighted by molar-refractivity contribution is -0.145. The predicted octanol–water partition coefficient (Wildman–Crippen LogP) is 3.22. The lowest BCUT2D eigenvalue weighted by Crippen LogP contribution is -2.09. The average Bonchev–Trinajstić information content (AvgIpc) is 3.15. The number of halogens is 4. The van der Waals surface area contributed by atoms with Gasteiger partial charge in [-0.15, -0.1) is 21.5 Å². The minimum Gasteiger partial charge on any atom is -0.477 e. The number of alkyl halides is 3. The zero-order valence-electron chi connectivity index (χ0n) is 12.0. The molecule has 0 amide bonds. The molecule has 3 aromatic rings. The van der Waals surface area contributed by atoms with Crippen LogP contribution in [0, 0.1) is 0 Å². The van der Waals surface area contributed by atoms with E-state index in [1.54, 1.807) is 24.3 Å². The summed E-state index contributed by atoms with van der Waals surface area (Å²) >= 11 is 6.87. The number of carboxylic acids is 1. The normalized spacial score (nSPS) is 11.7. The molecule has 1 aromatic carbocycles. The number of carboxylic acid groups (broad SMARTS) is 1. The molecule has 2 heterocycles. The van der Waals surface area contributed by atoms with Crippen molar-refractivity contribution in [3.05, 3.63) is 45.0 Å². The fourth-order valence-electron chi connectivity index (χ4n) is 1.96. The standard InChI is InChI=1S/C13H7ClF3N5O2S/c14-7-4-2-1-3-6(7)9-10(11(23)24)25-8(18-9)5-22-20-12(19-21-22)13(15,16)17/h1-4H,5H2,(H,23,24). The van der Waals surface area contributed by atoms with Gasteiger partial charge < -0.3 is 5.11 Å². The van der Waals surface area contributed by atoms with Crippen molar-refractivity contribution in [2.24, 2.45) is 0 Å². The fourth-order valence-corrected chi connectivity index (χ4v) is 3.07. The summed E-state index contributed by atoms with van der Waals surface area (Å²) in [6, 6.07) is 6.53. The highest BCUT2D eigenvalue weighted by Gasteiger charge is 2.36. The maximum atomic E-state index is 12.5. The molecule has 0 atom stereocenters. The van der Waals surface area contributed by atoms with Crippen molar-refractivity contribution in [3.8, 4) is 11.3 Å². The molecule has 0 aliphatic rings. The van der Waals surface area contributed by atoms with E-state index in [1.165, 1.54) is 0 Å². The van der Waals surface area contributed by atoms with Gasteiger partial charge in [-0.25, -0.2) is 9.78 Å². The predicted molar refractivity (Wildman–Crippen MR) is 81.4 cm³/mol. The topological polar surface area (TPSA) is 93.8 Å². The summed E-state index contributed by atoms with van der Waals surface area (Å²) in [4.78, 5) is 16.2. The van der Waals surface area contributed by atoms with Gasteiger partial charge in [-0.3, -0.25) is 0 Å². The van der Waals surface area contributed by atoms with Crippen LogP contribution in [0.15, 0.2) is 24.3 Å². The van der Waals surface area contributed by atoms with E-state index >= 15 is 0 Å². The van der Waals surface area contributed by atoms with Gasteiger partial charge in [0.25, 0.3) is 5.82 Å². The number of benzene rings is 1. The zero-order chi connectivity index (χ0) is 18.2. The van der Waals surface area contributed by atoms with Gasteiger partial charge in [-0.2, -0.15) is 18.0 Å². The third-order valence-electron chi connectivity index (χ3n) is 2.98. The van der Waals surface area contributed by atoms with E-state index in [9.17, 15) is 23.1 Å². The highest BCUT2D eigenvalue weighted by molar-refractivity contribution is 7.14.